The van der Waals surface area contributed by atoms with Crippen LogP contribution in [0.15, 0.2) is 30.5 Å². The molecule has 0 spiro atoms. The zero-order chi connectivity index (χ0) is 13.8. The van der Waals surface area contributed by atoms with Gasteiger partial charge in [0.1, 0.15) is 5.56 Å². The molecule has 98 valence electrons. The summed E-state index contributed by atoms with van der Waals surface area (Å²) in [4.78, 5) is 20.2. The average molecular weight is 279 g/mol. The minimum atomic E-state index is -0.240. The number of aromatic nitrogens is 2. The first-order chi connectivity index (χ1) is 9.15. The van der Waals surface area contributed by atoms with E-state index in [1.165, 1.54) is 20.4 Å². The third kappa shape index (κ3) is 2.82. The highest BCUT2D eigenvalue weighted by atomic mass is 35.5. The third-order valence-electron chi connectivity index (χ3n) is 2.46. The van der Waals surface area contributed by atoms with Gasteiger partial charge in [0.25, 0.3) is 0 Å². The zero-order valence-corrected chi connectivity index (χ0v) is 11.1. The van der Waals surface area contributed by atoms with Gasteiger partial charge in [-0.05, 0) is 24.3 Å². The smallest absolute Gasteiger partial charge is 0.319 e. The first-order valence-corrected chi connectivity index (χ1v) is 5.78. The van der Waals surface area contributed by atoms with Crippen LogP contribution in [0.3, 0.4) is 0 Å². The van der Waals surface area contributed by atoms with Gasteiger partial charge in [-0.3, -0.25) is 4.79 Å². The van der Waals surface area contributed by atoms with Crippen LogP contribution in [-0.4, -0.2) is 30.0 Å². The first-order valence-electron chi connectivity index (χ1n) is 5.41. The summed E-state index contributed by atoms with van der Waals surface area (Å²) in [5.41, 5.74) is 0.752. The van der Waals surface area contributed by atoms with Crippen molar-refractivity contribution in [3.05, 3.63) is 46.6 Å². The lowest BCUT2D eigenvalue weighted by Crippen LogP contribution is -2.07. The topological polar surface area (TPSA) is 61.3 Å². The Hall–Kier alpha value is -2.14. The van der Waals surface area contributed by atoms with E-state index < -0.39 is 0 Å². The molecule has 0 saturated heterocycles. The maximum atomic E-state index is 12.3. The van der Waals surface area contributed by atoms with Crippen LogP contribution in [0.4, 0.5) is 0 Å². The molecular formula is C13H11ClN2O3. The van der Waals surface area contributed by atoms with E-state index in [0.717, 1.165) is 0 Å². The monoisotopic (exact) mass is 278 g/mol. The summed E-state index contributed by atoms with van der Waals surface area (Å²) in [6, 6.07) is 6.70. The van der Waals surface area contributed by atoms with Crippen LogP contribution in [0.5, 0.6) is 11.9 Å². The number of methoxy groups -OCH3 is 2. The molecule has 1 heterocycles. The standard InChI is InChI=1S/C13H11ClN2O3/c1-18-12-10(7-15-13(16-12)19-2)11(17)8-3-5-9(14)6-4-8/h3-7H,1-2H3. The lowest BCUT2D eigenvalue weighted by Gasteiger charge is -2.07. The van der Waals surface area contributed by atoms with Gasteiger partial charge in [0.05, 0.1) is 14.2 Å². The Labute approximate surface area is 115 Å². The van der Waals surface area contributed by atoms with Gasteiger partial charge in [-0.25, -0.2) is 4.98 Å². The highest BCUT2D eigenvalue weighted by Crippen LogP contribution is 2.21. The van der Waals surface area contributed by atoms with Crippen LogP contribution in [0, 0.1) is 0 Å². The van der Waals surface area contributed by atoms with Gasteiger partial charge < -0.3 is 9.47 Å². The number of carbonyl (C=O) groups excluding carboxylic acids is 1. The highest BCUT2D eigenvalue weighted by Gasteiger charge is 2.17. The molecule has 0 saturated carbocycles. The van der Waals surface area contributed by atoms with Crippen molar-refractivity contribution in [3.8, 4) is 11.9 Å². The highest BCUT2D eigenvalue weighted by molar-refractivity contribution is 6.30. The summed E-state index contributed by atoms with van der Waals surface area (Å²) in [7, 11) is 2.87. The second-order valence-corrected chi connectivity index (χ2v) is 4.05. The Bertz CT molecular complexity index is 599. The van der Waals surface area contributed by atoms with Crippen molar-refractivity contribution in [1.82, 2.24) is 9.97 Å². The molecule has 2 aromatic rings. The van der Waals surface area contributed by atoms with Gasteiger partial charge in [0, 0.05) is 16.8 Å². The Morgan fingerprint density at radius 1 is 1.16 bits per heavy atom. The molecule has 0 aliphatic heterocycles. The van der Waals surface area contributed by atoms with Crippen molar-refractivity contribution in [2.24, 2.45) is 0 Å². The van der Waals surface area contributed by atoms with Crippen LogP contribution in [0.2, 0.25) is 5.02 Å². The van der Waals surface area contributed by atoms with Gasteiger partial charge in [-0.15, -0.1) is 0 Å². The number of halogens is 1. The Morgan fingerprint density at radius 2 is 1.84 bits per heavy atom. The van der Waals surface area contributed by atoms with Crippen LogP contribution >= 0.6 is 11.6 Å². The van der Waals surface area contributed by atoms with Crippen molar-refractivity contribution in [3.63, 3.8) is 0 Å². The van der Waals surface area contributed by atoms with E-state index in [-0.39, 0.29) is 23.2 Å². The van der Waals surface area contributed by atoms with E-state index in [9.17, 15) is 4.79 Å². The van der Waals surface area contributed by atoms with Crippen molar-refractivity contribution in [2.45, 2.75) is 0 Å². The largest absolute Gasteiger partial charge is 0.480 e. The number of benzene rings is 1. The maximum Gasteiger partial charge on any atom is 0.319 e. The lowest BCUT2D eigenvalue weighted by molar-refractivity contribution is 0.103. The van der Waals surface area contributed by atoms with E-state index in [0.29, 0.717) is 10.6 Å². The lowest BCUT2D eigenvalue weighted by atomic mass is 10.1. The fourth-order valence-electron chi connectivity index (χ4n) is 1.52. The van der Waals surface area contributed by atoms with Crippen molar-refractivity contribution in [2.75, 3.05) is 14.2 Å². The number of carbonyl (C=O) groups is 1. The summed E-state index contributed by atoms with van der Waals surface area (Å²) >= 11 is 5.78. The predicted octanol–water partition coefficient (Wildman–Crippen LogP) is 2.38. The first kappa shape index (κ1) is 13.3. The average Bonchev–Trinajstić information content (AvgIpc) is 2.46. The van der Waals surface area contributed by atoms with E-state index in [1.54, 1.807) is 24.3 Å². The molecular weight excluding hydrogens is 268 g/mol. The Morgan fingerprint density at radius 3 is 2.42 bits per heavy atom. The number of ether oxygens (including phenoxy) is 2. The molecule has 0 bridgehead atoms. The molecule has 1 aromatic heterocycles. The molecule has 6 heteroatoms. The third-order valence-corrected chi connectivity index (χ3v) is 2.71. The van der Waals surface area contributed by atoms with Crippen molar-refractivity contribution in [1.29, 1.82) is 0 Å². The SMILES string of the molecule is COc1ncc(C(=O)c2ccc(Cl)cc2)c(OC)n1. The summed E-state index contributed by atoms with van der Waals surface area (Å²) in [5.74, 6) is -0.0667. The van der Waals surface area contributed by atoms with Crippen LogP contribution in [0.1, 0.15) is 15.9 Å². The summed E-state index contributed by atoms with van der Waals surface area (Å²) < 4.78 is 9.96. The normalized spacial score (nSPS) is 10.1. The minimum Gasteiger partial charge on any atom is -0.480 e. The molecule has 2 rings (SSSR count). The van der Waals surface area contributed by atoms with Gasteiger partial charge >= 0.3 is 6.01 Å². The van der Waals surface area contributed by atoms with E-state index >= 15 is 0 Å². The van der Waals surface area contributed by atoms with Crippen LogP contribution < -0.4 is 9.47 Å². The number of hydrogen-bond donors (Lipinski definition) is 0. The minimum absolute atomic E-state index is 0.143. The van der Waals surface area contributed by atoms with Gasteiger partial charge in [-0.2, -0.15) is 4.98 Å². The molecule has 5 nitrogen and oxygen atoms in total. The number of rotatable bonds is 4. The Kier molecular flexibility index (Phi) is 3.97. The molecule has 19 heavy (non-hydrogen) atoms. The fourth-order valence-corrected chi connectivity index (χ4v) is 1.64. The molecule has 0 N–H and O–H groups in total. The summed E-state index contributed by atoms with van der Waals surface area (Å²) in [6.45, 7) is 0. The van der Waals surface area contributed by atoms with Crippen LogP contribution in [-0.2, 0) is 0 Å². The van der Waals surface area contributed by atoms with Gasteiger partial charge in [0.15, 0.2) is 5.78 Å². The number of hydrogen-bond acceptors (Lipinski definition) is 5. The predicted molar refractivity (Wildman–Crippen MR) is 70.0 cm³/mol. The summed E-state index contributed by atoms with van der Waals surface area (Å²) in [5, 5.41) is 0.564. The molecule has 0 aliphatic carbocycles. The van der Waals surface area contributed by atoms with E-state index in [1.807, 2.05) is 0 Å². The Balaban J connectivity index is 2.40. The molecule has 0 aliphatic rings. The van der Waals surface area contributed by atoms with E-state index in [2.05, 4.69) is 9.97 Å². The number of nitrogens with zero attached hydrogens (tertiary/aromatic N) is 2. The number of ketones is 1. The molecule has 0 amide bonds. The molecule has 0 unspecified atom stereocenters. The molecule has 1 aromatic carbocycles. The summed E-state index contributed by atoms with van der Waals surface area (Å²) in [6.07, 6.45) is 1.38. The second kappa shape index (κ2) is 5.67. The molecule has 0 fully saturated rings. The fraction of sp³-hybridized carbons (Fsp3) is 0.154. The maximum absolute atomic E-state index is 12.3. The van der Waals surface area contributed by atoms with Gasteiger partial charge in [-0.1, -0.05) is 11.6 Å². The quantitative estimate of drug-likeness (QED) is 0.804. The zero-order valence-electron chi connectivity index (χ0n) is 10.4. The molecule has 0 radical (unpaired) electrons. The van der Waals surface area contributed by atoms with Crippen molar-refractivity contribution >= 4 is 17.4 Å². The molecule has 0 atom stereocenters. The second-order valence-electron chi connectivity index (χ2n) is 3.62. The van der Waals surface area contributed by atoms with Crippen molar-refractivity contribution < 1.29 is 14.3 Å². The van der Waals surface area contributed by atoms with Gasteiger partial charge in [0.2, 0.25) is 5.88 Å². The van der Waals surface area contributed by atoms with E-state index in [4.69, 9.17) is 21.1 Å². The van der Waals surface area contributed by atoms with Crippen LogP contribution in [0.25, 0.3) is 0 Å².